The van der Waals surface area contributed by atoms with E-state index in [4.69, 9.17) is 0 Å². The molecule has 0 aliphatic carbocycles. The van der Waals surface area contributed by atoms with Crippen molar-refractivity contribution in [3.8, 4) is 0 Å². The molecule has 7 rings (SSSR count). The van der Waals surface area contributed by atoms with E-state index in [9.17, 15) is 19.2 Å². The molecule has 0 radical (unpaired) electrons. The lowest BCUT2D eigenvalue weighted by molar-refractivity contribution is 0.589. The van der Waals surface area contributed by atoms with Crippen LogP contribution in [0.1, 0.15) is 151 Å². The van der Waals surface area contributed by atoms with Gasteiger partial charge in [0.15, 0.2) is 0 Å². The van der Waals surface area contributed by atoms with Crippen LogP contribution in [0.5, 0.6) is 0 Å². The summed E-state index contributed by atoms with van der Waals surface area (Å²) >= 11 is 0. The molecule has 2 aliphatic rings. The van der Waals surface area contributed by atoms with Gasteiger partial charge in [-0.2, -0.15) is 0 Å². The SMILES string of the molecule is [2H]c1c([2H])c(C(C)(C)C)c([2H])c([2H])c1N1c2cc(C(C)(C)C)cc3c2B(c2c([2H])c(C(C)(C)C)c([2H])c([2H])c21)c1c([2H])c(C(C)(C)C)c([2H])c([2H])c1N3c1c([2H])c([2H])c(C(C)(C)C)c([2H])c1[2H]. The van der Waals surface area contributed by atoms with Gasteiger partial charge in [-0.05, 0) is 120 Å². The fourth-order valence-electron chi connectivity index (χ4n) is 6.79. The van der Waals surface area contributed by atoms with Gasteiger partial charge in [0.05, 0.1) is 19.2 Å². The summed E-state index contributed by atoms with van der Waals surface area (Å²) in [6.07, 6.45) is 0. The van der Waals surface area contributed by atoms with Crippen molar-refractivity contribution in [2.75, 3.05) is 9.80 Å². The average molecular weight is 715 g/mol. The monoisotopic (exact) mass is 715 g/mol. The molecular formula is C50H61BN2. The van der Waals surface area contributed by atoms with Crippen LogP contribution in [0.15, 0.2) is 96.7 Å². The fraction of sp³-hybridized carbons (Fsp3) is 0.400. The first-order valence-corrected chi connectivity index (χ1v) is 18.6. The number of nitrogens with zero attached hydrogens (tertiary/aromatic N) is 2. The molecule has 0 unspecified atom stereocenters. The molecule has 53 heavy (non-hydrogen) atoms. The van der Waals surface area contributed by atoms with Crippen LogP contribution in [0.25, 0.3) is 0 Å². The van der Waals surface area contributed by atoms with E-state index < -0.39 is 58.0 Å². The van der Waals surface area contributed by atoms with Gasteiger partial charge < -0.3 is 9.80 Å². The van der Waals surface area contributed by atoms with Crippen LogP contribution < -0.4 is 26.2 Å². The number of fused-ring (bicyclic) bond motifs is 4. The first kappa shape index (κ1) is 23.5. The highest BCUT2D eigenvalue weighted by Gasteiger charge is 2.45. The van der Waals surface area contributed by atoms with E-state index in [0.717, 1.165) is 0 Å². The fourth-order valence-corrected chi connectivity index (χ4v) is 6.79. The van der Waals surface area contributed by atoms with Gasteiger partial charge in [0.25, 0.3) is 6.71 Å². The lowest BCUT2D eigenvalue weighted by Crippen LogP contribution is -2.61. The summed E-state index contributed by atoms with van der Waals surface area (Å²) in [5.74, 6) is 0. The first-order valence-electron chi connectivity index (χ1n) is 25.6. The maximum atomic E-state index is 10.2. The predicted octanol–water partition coefficient (Wildman–Crippen LogP) is 12.3. The van der Waals surface area contributed by atoms with Crippen LogP contribution in [0.2, 0.25) is 0 Å². The minimum Gasteiger partial charge on any atom is -0.311 e. The quantitative estimate of drug-likeness (QED) is 0.165. The number of hydrogen-bond donors (Lipinski definition) is 0. The van der Waals surface area contributed by atoms with Crippen LogP contribution in [0.3, 0.4) is 0 Å². The molecule has 5 aromatic carbocycles. The average Bonchev–Trinajstić information content (AvgIpc) is 3.16. The molecule has 0 saturated carbocycles. The third-order valence-corrected chi connectivity index (χ3v) is 10.1. The lowest BCUT2D eigenvalue weighted by Gasteiger charge is -2.45. The Labute approximate surface area is 341 Å². The number of anilines is 6. The zero-order valence-corrected chi connectivity index (χ0v) is 34.1. The molecular weight excluding hydrogens is 639 g/mol. The van der Waals surface area contributed by atoms with Gasteiger partial charge in [-0.25, -0.2) is 0 Å². The second-order valence-electron chi connectivity index (χ2n) is 19.8. The van der Waals surface area contributed by atoms with Gasteiger partial charge in [0.1, 0.15) is 0 Å². The summed E-state index contributed by atoms with van der Waals surface area (Å²) in [4.78, 5) is 2.90. The summed E-state index contributed by atoms with van der Waals surface area (Å²) in [5, 5.41) is 0. The van der Waals surface area contributed by atoms with E-state index in [1.807, 2.05) is 74.4 Å². The standard InChI is InChI=1S/C50H61BN2/c1-46(2,3)32-16-22-37(23-17-32)52-41-26-20-34(48(7,8)9)28-39(41)51-40-29-35(49(10,11)12)21-27-42(40)53(38-24-18-33(19-25-38)47(4,5)6)44-31-36(50(13,14)15)30-43(52)45(44)51/h16-31H,1-15H3/i16D,17D,18D,19D,20D,21D,22D,23D,24D,25D,26D,27D,28D,29D. The molecule has 0 atom stereocenters. The van der Waals surface area contributed by atoms with E-state index in [0.29, 0.717) is 11.0 Å². The maximum Gasteiger partial charge on any atom is 0.252 e. The molecule has 0 aromatic heterocycles. The summed E-state index contributed by atoms with van der Waals surface area (Å²) in [6, 6.07) is -0.832. The van der Waals surface area contributed by atoms with Crippen LogP contribution in [-0.2, 0) is 27.1 Å². The van der Waals surface area contributed by atoms with Gasteiger partial charge in [-0.3, -0.25) is 0 Å². The van der Waals surface area contributed by atoms with Crippen molar-refractivity contribution in [3.05, 3.63) is 125 Å². The number of rotatable bonds is 2. The third-order valence-electron chi connectivity index (χ3n) is 10.1. The summed E-state index contributed by atoms with van der Waals surface area (Å²) in [6.45, 7) is 26.4. The normalized spacial score (nSPS) is 18.3. The van der Waals surface area contributed by atoms with Crippen LogP contribution >= 0.6 is 0 Å². The van der Waals surface area contributed by atoms with Gasteiger partial charge >= 0.3 is 0 Å². The Balaban J connectivity index is 1.87. The molecule has 5 aromatic rings. The lowest BCUT2D eigenvalue weighted by atomic mass is 9.33. The Morgan fingerprint density at radius 3 is 0.981 bits per heavy atom. The second kappa shape index (κ2) is 12.1. The Morgan fingerprint density at radius 1 is 0.377 bits per heavy atom. The minimum atomic E-state index is -1.19. The highest BCUT2D eigenvalue weighted by Crippen LogP contribution is 2.47. The molecule has 3 heteroatoms. The van der Waals surface area contributed by atoms with Crippen molar-refractivity contribution < 1.29 is 19.2 Å². The molecule has 2 aliphatic heterocycles. The highest BCUT2D eigenvalue weighted by molar-refractivity contribution is 7.00. The van der Waals surface area contributed by atoms with Crippen molar-refractivity contribution in [2.24, 2.45) is 0 Å². The highest BCUT2D eigenvalue weighted by atomic mass is 15.2. The Hall–Kier alpha value is -4.24. The molecule has 0 spiro atoms. The van der Waals surface area contributed by atoms with Gasteiger partial charge in [-0.1, -0.05) is 152 Å². The van der Waals surface area contributed by atoms with Crippen molar-refractivity contribution in [1.82, 2.24) is 0 Å². The summed E-state index contributed by atoms with van der Waals surface area (Å²) in [7, 11) is 0. The largest absolute Gasteiger partial charge is 0.311 e. The smallest absolute Gasteiger partial charge is 0.252 e. The first-order chi connectivity index (χ1) is 30.3. The third kappa shape index (κ3) is 6.53. The molecule has 0 fully saturated rings. The Bertz CT molecular complexity index is 2750. The Morgan fingerprint density at radius 2 is 0.679 bits per heavy atom. The van der Waals surface area contributed by atoms with Crippen molar-refractivity contribution in [2.45, 2.75) is 131 Å². The van der Waals surface area contributed by atoms with E-state index in [2.05, 4.69) is 0 Å². The molecule has 2 heterocycles. The molecule has 0 N–H and O–H groups in total. The predicted molar refractivity (Wildman–Crippen MR) is 234 cm³/mol. The van der Waals surface area contributed by atoms with Gasteiger partial charge in [0, 0.05) is 34.1 Å². The van der Waals surface area contributed by atoms with Gasteiger partial charge in [-0.15, -0.1) is 0 Å². The summed E-state index contributed by atoms with van der Waals surface area (Å²) < 4.78 is 136. The zero-order chi connectivity index (χ0) is 50.8. The van der Waals surface area contributed by atoms with Crippen LogP contribution in [0, 0.1) is 0 Å². The van der Waals surface area contributed by atoms with Crippen molar-refractivity contribution in [1.29, 1.82) is 0 Å². The Kier molecular flexibility index (Phi) is 5.39. The van der Waals surface area contributed by atoms with Crippen LogP contribution in [0.4, 0.5) is 34.1 Å². The van der Waals surface area contributed by atoms with E-state index >= 15 is 0 Å². The number of benzene rings is 5. The molecule has 274 valence electrons. The van der Waals surface area contributed by atoms with Gasteiger partial charge in [0.2, 0.25) is 0 Å². The van der Waals surface area contributed by atoms with E-state index in [-0.39, 0.29) is 128 Å². The molecule has 0 amide bonds. The van der Waals surface area contributed by atoms with Crippen molar-refractivity contribution in [3.63, 3.8) is 0 Å². The van der Waals surface area contributed by atoms with Crippen LogP contribution in [-0.4, -0.2) is 6.71 Å². The molecule has 0 saturated heterocycles. The minimum absolute atomic E-state index is 0.0572. The maximum absolute atomic E-state index is 10.2. The second-order valence-corrected chi connectivity index (χ2v) is 19.8. The van der Waals surface area contributed by atoms with Crippen molar-refractivity contribution >= 4 is 57.2 Å². The molecule has 0 bridgehead atoms. The zero-order valence-electron chi connectivity index (χ0n) is 48.1. The molecule has 2 nitrogen and oxygen atoms in total. The van der Waals surface area contributed by atoms with E-state index in [1.54, 1.807) is 41.5 Å². The number of hydrogen-bond acceptors (Lipinski definition) is 2. The summed E-state index contributed by atoms with van der Waals surface area (Å²) in [5.41, 5.74) is -2.26. The van der Waals surface area contributed by atoms with E-state index in [1.165, 1.54) is 9.80 Å². The topological polar surface area (TPSA) is 6.48 Å².